The lowest BCUT2D eigenvalue weighted by molar-refractivity contribution is 0.184. The van der Waals surface area contributed by atoms with E-state index in [4.69, 9.17) is 0 Å². The lowest BCUT2D eigenvalue weighted by atomic mass is 9.74. The fourth-order valence-electron chi connectivity index (χ4n) is 3.71. The van der Waals surface area contributed by atoms with Crippen molar-refractivity contribution in [1.29, 1.82) is 0 Å². The molecule has 2 rings (SSSR count). The Kier molecular flexibility index (Phi) is 6.10. The van der Waals surface area contributed by atoms with Crippen molar-refractivity contribution < 1.29 is 0 Å². The van der Waals surface area contributed by atoms with Gasteiger partial charge in [-0.2, -0.15) is 0 Å². The Morgan fingerprint density at radius 1 is 1.15 bits per heavy atom. The van der Waals surface area contributed by atoms with Crippen molar-refractivity contribution in [1.82, 2.24) is 5.32 Å². The molecule has 1 fully saturated rings. The minimum atomic E-state index is 0.530. The SMILES string of the molecule is CCCNC(Cc1ccc(Br)cc1)C1(CC)CCCC1. The Labute approximate surface area is 132 Å². The van der Waals surface area contributed by atoms with Crippen LogP contribution in [0.4, 0.5) is 0 Å². The van der Waals surface area contributed by atoms with E-state index in [2.05, 4.69) is 59.4 Å². The molecular weight excluding hydrogens is 310 g/mol. The van der Waals surface area contributed by atoms with Gasteiger partial charge in [-0.3, -0.25) is 0 Å². The molecule has 1 atom stereocenters. The smallest absolute Gasteiger partial charge is 0.0175 e. The first-order valence-corrected chi connectivity index (χ1v) is 8.97. The minimum absolute atomic E-state index is 0.530. The predicted molar refractivity (Wildman–Crippen MR) is 91.1 cm³/mol. The van der Waals surface area contributed by atoms with Gasteiger partial charge < -0.3 is 5.32 Å². The monoisotopic (exact) mass is 337 g/mol. The van der Waals surface area contributed by atoms with E-state index in [0.29, 0.717) is 11.5 Å². The molecule has 1 unspecified atom stereocenters. The second kappa shape index (κ2) is 7.61. The van der Waals surface area contributed by atoms with Gasteiger partial charge in [0.25, 0.3) is 0 Å². The van der Waals surface area contributed by atoms with Crippen molar-refractivity contribution in [2.45, 2.75) is 64.8 Å². The van der Waals surface area contributed by atoms with Gasteiger partial charge in [-0.1, -0.05) is 54.8 Å². The predicted octanol–water partition coefficient (Wildman–Crippen LogP) is 5.33. The zero-order valence-electron chi connectivity index (χ0n) is 12.9. The van der Waals surface area contributed by atoms with Crippen LogP contribution in [-0.4, -0.2) is 12.6 Å². The second-order valence-electron chi connectivity index (χ2n) is 6.26. The van der Waals surface area contributed by atoms with Crippen LogP contribution in [0.25, 0.3) is 0 Å². The molecule has 0 aliphatic heterocycles. The molecule has 20 heavy (non-hydrogen) atoms. The van der Waals surface area contributed by atoms with E-state index in [1.165, 1.54) is 55.0 Å². The third-order valence-corrected chi connectivity index (χ3v) is 5.57. The van der Waals surface area contributed by atoms with E-state index >= 15 is 0 Å². The van der Waals surface area contributed by atoms with Crippen LogP contribution in [0, 0.1) is 5.41 Å². The molecule has 112 valence electrons. The highest BCUT2D eigenvalue weighted by Gasteiger charge is 2.39. The molecular formula is C18H28BrN. The van der Waals surface area contributed by atoms with Crippen molar-refractivity contribution in [3.8, 4) is 0 Å². The molecule has 1 nitrogen and oxygen atoms in total. The van der Waals surface area contributed by atoms with Crippen LogP contribution in [-0.2, 0) is 6.42 Å². The molecule has 0 spiro atoms. The first kappa shape index (κ1) is 16.0. The Morgan fingerprint density at radius 3 is 2.35 bits per heavy atom. The molecule has 0 heterocycles. The van der Waals surface area contributed by atoms with Crippen LogP contribution in [0.15, 0.2) is 28.7 Å². The highest BCUT2D eigenvalue weighted by atomic mass is 79.9. The summed E-state index contributed by atoms with van der Waals surface area (Å²) in [5.41, 5.74) is 1.99. The molecule has 0 radical (unpaired) electrons. The van der Waals surface area contributed by atoms with Crippen molar-refractivity contribution in [2.24, 2.45) is 5.41 Å². The van der Waals surface area contributed by atoms with Crippen LogP contribution in [0.1, 0.15) is 57.9 Å². The Hall–Kier alpha value is -0.340. The molecule has 0 amide bonds. The number of halogens is 1. The average molecular weight is 338 g/mol. The van der Waals surface area contributed by atoms with Crippen molar-refractivity contribution in [2.75, 3.05) is 6.54 Å². The van der Waals surface area contributed by atoms with Gasteiger partial charge in [-0.05, 0) is 61.8 Å². The van der Waals surface area contributed by atoms with Gasteiger partial charge in [0, 0.05) is 10.5 Å². The number of hydrogen-bond donors (Lipinski definition) is 1. The van der Waals surface area contributed by atoms with Crippen molar-refractivity contribution >= 4 is 15.9 Å². The lowest BCUT2D eigenvalue weighted by Gasteiger charge is -2.38. The lowest BCUT2D eigenvalue weighted by Crippen LogP contribution is -2.45. The molecule has 1 N–H and O–H groups in total. The fraction of sp³-hybridized carbons (Fsp3) is 0.667. The average Bonchev–Trinajstić information content (AvgIpc) is 2.95. The van der Waals surface area contributed by atoms with Crippen LogP contribution < -0.4 is 5.32 Å². The minimum Gasteiger partial charge on any atom is -0.313 e. The normalized spacial score (nSPS) is 19.1. The number of nitrogens with one attached hydrogen (secondary N) is 1. The largest absolute Gasteiger partial charge is 0.313 e. The molecule has 1 saturated carbocycles. The maximum absolute atomic E-state index is 3.85. The molecule has 0 aromatic heterocycles. The summed E-state index contributed by atoms with van der Waals surface area (Å²) in [6.07, 6.45) is 9.34. The van der Waals surface area contributed by atoms with Gasteiger partial charge in [0.15, 0.2) is 0 Å². The topological polar surface area (TPSA) is 12.0 Å². The van der Waals surface area contributed by atoms with Gasteiger partial charge in [0.2, 0.25) is 0 Å². The number of benzene rings is 1. The Bertz CT molecular complexity index is 392. The van der Waals surface area contributed by atoms with Crippen LogP contribution in [0.2, 0.25) is 0 Å². The second-order valence-corrected chi connectivity index (χ2v) is 7.18. The third kappa shape index (κ3) is 3.85. The van der Waals surface area contributed by atoms with E-state index in [0.717, 1.165) is 6.54 Å². The number of rotatable bonds is 7. The fourth-order valence-corrected chi connectivity index (χ4v) is 3.97. The summed E-state index contributed by atoms with van der Waals surface area (Å²) >= 11 is 3.53. The van der Waals surface area contributed by atoms with Gasteiger partial charge in [-0.25, -0.2) is 0 Å². The van der Waals surface area contributed by atoms with E-state index in [-0.39, 0.29) is 0 Å². The summed E-state index contributed by atoms with van der Waals surface area (Å²) < 4.78 is 1.17. The van der Waals surface area contributed by atoms with Crippen LogP contribution >= 0.6 is 15.9 Å². The van der Waals surface area contributed by atoms with Gasteiger partial charge in [0.1, 0.15) is 0 Å². The van der Waals surface area contributed by atoms with Gasteiger partial charge in [0.05, 0.1) is 0 Å². The van der Waals surface area contributed by atoms with E-state index in [1.54, 1.807) is 0 Å². The van der Waals surface area contributed by atoms with Crippen molar-refractivity contribution in [3.63, 3.8) is 0 Å². The number of hydrogen-bond acceptors (Lipinski definition) is 1. The van der Waals surface area contributed by atoms with Gasteiger partial charge in [-0.15, -0.1) is 0 Å². The zero-order valence-corrected chi connectivity index (χ0v) is 14.5. The Morgan fingerprint density at radius 2 is 1.80 bits per heavy atom. The summed E-state index contributed by atoms with van der Waals surface area (Å²) in [7, 11) is 0. The molecule has 0 saturated heterocycles. The summed E-state index contributed by atoms with van der Waals surface area (Å²) in [5, 5.41) is 3.85. The zero-order chi connectivity index (χ0) is 14.4. The highest BCUT2D eigenvalue weighted by Crippen LogP contribution is 2.44. The molecule has 2 heteroatoms. The van der Waals surface area contributed by atoms with Crippen LogP contribution in [0.3, 0.4) is 0 Å². The molecule has 1 aliphatic carbocycles. The molecule has 1 aliphatic rings. The molecule has 0 bridgehead atoms. The quantitative estimate of drug-likeness (QED) is 0.708. The van der Waals surface area contributed by atoms with E-state index in [9.17, 15) is 0 Å². The standard InChI is InChI=1S/C18H28BrN/c1-3-13-20-17(18(4-2)11-5-6-12-18)14-15-7-9-16(19)10-8-15/h7-10,17,20H,3-6,11-14H2,1-2H3. The van der Waals surface area contributed by atoms with Crippen LogP contribution in [0.5, 0.6) is 0 Å². The summed E-state index contributed by atoms with van der Waals surface area (Å²) in [5.74, 6) is 0. The first-order valence-electron chi connectivity index (χ1n) is 8.18. The first-order chi connectivity index (χ1) is 9.70. The summed E-state index contributed by atoms with van der Waals surface area (Å²) in [6, 6.07) is 9.50. The highest BCUT2D eigenvalue weighted by molar-refractivity contribution is 9.10. The summed E-state index contributed by atoms with van der Waals surface area (Å²) in [4.78, 5) is 0. The maximum Gasteiger partial charge on any atom is 0.0175 e. The van der Waals surface area contributed by atoms with E-state index < -0.39 is 0 Å². The van der Waals surface area contributed by atoms with Gasteiger partial charge >= 0.3 is 0 Å². The van der Waals surface area contributed by atoms with Crippen molar-refractivity contribution in [3.05, 3.63) is 34.3 Å². The third-order valence-electron chi connectivity index (χ3n) is 5.04. The maximum atomic E-state index is 3.85. The Balaban J connectivity index is 2.12. The summed E-state index contributed by atoms with van der Waals surface area (Å²) in [6.45, 7) is 5.79. The van der Waals surface area contributed by atoms with E-state index in [1.807, 2.05) is 0 Å². The molecule has 1 aromatic carbocycles. The molecule has 1 aromatic rings.